The summed E-state index contributed by atoms with van der Waals surface area (Å²) in [4.78, 5) is 25.2. The SMILES string of the molecule is CCOC(=O)c1c(C)n(CC(=O)OCc2ccccc2)c2ccc(OCC3CO3)cc12. The predicted octanol–water partition coefficient (Wildman–Crippen LogP) is 3.65. The van der Waals surface area contributed by atoms with Crippen molar-refractivity contribution in [2.75, 3.05) is 19.8 Å². The molecule has 0 saturated carbocycles. The second-order valence-electron chi connectivity index (χ2n) is 7.36. The average Bonchev–Trinajstić information content (AvgIpc) is 3.56. The zero-order valence-electron chi connectivity index (χ0n) is 17.6. The van der Waals surface area contributed by atoms with Crippen molar-refractivity contribution in [1.29, 1.82) is 0 Å². The monoisotopic (exact) mass is 423 g/mol. The van der Waals surface area contributed by atoms with E-state index in [4.69, 9.17) is 18.9 Å². The Hall–Kier alpha value is -3.32. The molecule has 1 saturated heterocycles. The Morgan fingerprint density at radius 3 is 2.61 bits per heavy atom. The highest BCUT2D eigenvalue weighted by molar-refractivity contribution is 6.06. The fraction of sp³-hybridized carbons (Fsp3) is 0.333. The Labute approximate surface area is 180 Å². The van der Waals surface area contributed by atoms with Crippen LogP contribution in [0.4, 0.5) is 0 Å². The van der Waals surface area contributed by atoms with Crippen molar-refractivity contribution >= 4 is 22.8 Å². The van der Waals surface area contributed by atoms with E-state index < -0.39 is 5.97 Å². The van der Waals surface area contributed by atoms with Gasteiger partial charge in [-0.1, -0.05) is 30.3 Å². The first-order valence-electron chi connectivity index (χ1n) is 10.3. The minimum absolute atomic E-state index is 0.00924. The van der Waals surface area contributed by atoms with Crippen LogP contribution in [0.2, 0.25) is 0 Å². The quantitative estimate of drug-likeness (QED) is 0.386. The molecule has 2 heterocycles. The fourth-order valence-corrected chi connectivity index (χ4v) is 3.48. The second kappa shape index (κ2) is 9.22. The van der Waals surface area contributed by atoms with Crippen LogP contribution in [0.15, 0.2) is 48.5 Å². The van der Waals surface area contributed by atoms with Gasteiger partial charge in [0.25, 0.3) is 0 Å². The van der Waals surface area contributed by atoms with Crippen molar-refractivity contribution in [2.24, 2.45) is 0 Å². The van der Waals surface area contributed by atoms with Gasteiger partial charge in [-0.25, -0.2) is 4.79 Å². The third-order valence-corrected chi connectivity index (χ3v) is 5.14. The molecule has 31 heavy (non-hydrogen) atoms. The molecule has 1 aliphatic rings. The zero-order chi connectivity index (χ0) is 21.8. The van der Waals surface area contributed by atoms with Gasteiger partial charge in [-0.15, -0.1) is 0 Å². The summed E-state index contributed by atoms with van der Waals surface area (Å²) >= 11 is 0. The molecule has 162 valence electrons. The molecule has 1 unspecified atom stereocenters. The van der Waals surface area contributed by atoms with Crippen LogP contribution in [-0.2, 0) is 32.2 Å². The maximum Gasteiger partial charge on any atom is 0.340 e. The lowest BCUT2D eigenvalue weighted by Crippen LogP contribution is -2.15. The van der Waals surface area contributed by atoms with Gasteiger partial charge in [0.1, 0.15) is 31.6 Å². The van der Waals surface area contributed by atoms with E-state index in [-0.39, 0.29) is 31.8 Å². The highest BCUT2D eigenvalue weighted by Crippen LogP contribution is 2.30. The molecule has 0 amide bonds. The van der Waals surface area contributed by atoms with Crippen LogP contribution in [0.3, 0.4) is 0 Å². The van der Waals surface area contributed by atoms with Crippen LogP contribution in [0.1, 0.15) is 28.5 Å². The molecule has 1 aliphatic heterocycles. The molecule has 0 aliphatic carbocycles. The third kappa shape index (κ3) is 4.88. The summed E-state index contributed by atoms with van der Waals surface area (Å²) in [5, 5.41) is 0.682. The molecule has 2 aromatic carbocycles. The minimum Gasteiger partial charge on any atom is -0.491 e. The summed E-state index contributed by atoms with van der Waals surface area (Å²) in [7, 11) is 0. The number of ether oxygens (including phenoxy) is 4. The fourth-order valence-electron chi connectivity index (χ4n) is 3.48. The largest absolute Gasteiger partial charge is 0.491 e. The number of epoxide rings is 1. The van der Waals surface area contributed by atoms with Crippen LogP contribution in [-0.4, -0.2) is 42.4 Å². The summed E-state index contributed by atoms with van der Waals surface area (Å²) in [5.41, 5.74) is 2.74. The molecule has 7 nitrogen and oxygen atoms in total. The van der Waals surface area contributed by atoms with Crippen molar-refractivity contribution in [3.05, 3.63) is 65.4 Å². The summed E-state index contributed by atoms with van der Waals surface area (Å²) in [6.45, 7) is 5.18. The van der Waals surface area contributed by atoms with Crippen LogP contribution in [0.25, 0.3) is 10.9 Å². The van der Waals surface area contributed by atoms with Gasteiger partial charge in [0.15, 0.2) is 0 Å². The van der Waals surface area contributed by atoms with Crippen molar-refractivity contribution in [1.82, 2.24) is 4.57 Å². The van der Waals surface area contributed by atoms with E-state index in [0.29, 0.717) is 35.6 Å². The Kier molecular flexibility index (Phi) is 6.23. The van der Waals surface area contributed by atoms with E-state index >= 15 is 0 Å². The first-order chi connectivity index (χ1) is 15.1. The molecular weight excluding hydrogens is 398 g/mol. The topological polar surface area (TPSA) is 79.3 Å². The second-order valence-corrected chi connectivity index (χ2v) is 7.36. The summed E-state index contributed by atoms with van der Waals surface area (Å²) in [6, 6.07) is 15.0. The number of fused-ring (bicyclic) bond motifs is 1. The Morgan fingerprint density at radius 2 is 1.90 bits per heavy atom. The van der Waals surface area contributed by atoms with E-state index in [0.717, 1.165) is 11.1 Å². The van der Waals surface area contributed by atoms with Gasteiger partial charge in [-0.05, 0) is 37.6 Å². The number of benzene rings is 2. The molecule has 1 aromatic heterocycles. The van der Waals surface area contributed by atoms with Crippen LogP contribution < -0.4 is 4.74 Å². The number of hydrogen-bond acceptors (Lipinski definition) is 6. The van der Waals surface area contributed by atoms with Crippen LogP contribution >= 0.6 is 0 Å². The van der Waals surface area contributed by atoms with Crippen molar-refractivity contribution in [3.63, 3.8) is 0 Å². The number of esters is 2. The number of nitrogens with zero attached hydrogens (tertiary/aromatic N) is 1. The Morgan fingerprint density at radius 1 is 1.13 bits per heavy atom. The molecule has 0 bridgehead atoms. The van der Waals surface area contributed by atoms with Crippen molar-refractivity contribution in [2.45, 2.75) is 33.1 Å². The molecule has 1 fully saturated rings. The lowest BCUT2D eigenvalue weighted by molar-refractivity contribution is -0.145. The van der Waals surface area contributed by atoms with E-state index in [2.05, 4.69) is 0 Å². The summed E-state index contributed by atoms with van der Waals surface area (Å²) < 4.78 is 23.4. The van der Waals surface area contributed by atoms with Gasteiger partial charge in [-0.3, -0.25) is 4.79 Å². The zero-order valence-corrected chi connectivity index (χ0v) is 17.6. The molecule has 3 aromatic rings. The lowest BCUT2D eigenvalue weighted by Gasteiger charge is -2.10. The van der Waals surface area contributed by atoms with Gasteiger partial charge in [0, 0.05) is 16.6 Å². The number of hydrogen-bond donors (Lipinski definition) is 0. The number of carbonyl (C=O) groups excluding carboxylic acids is 2. The average molecular weight is 423 g/mol. The molecule has 0 N–H and O–H groups in total. The van der Waals surface area contributed by atoms with E-state index in [1.807, 2.05) is 48.5 Å². The highest BCUT2D eigenvalue weighted by Gasteiger charge is 2.25. The third-order valence-electron chi connectivity index (χ3n) is 5.14. The van der Waals surface area contributed by atoms with Gasteiger partial charge in [-0.2, -0.15) is 0 Å². The van der Waals surface area contributed by atoms with Gasteiger partial charge < -0.3 is 23.5 Å². The van der Waals surface area contributed by atoms with Crippen LogP contribution in [0, 0.1) is 6.92 Å². The first kappa shape index (κ1) is 20.9. The Balaban J connectivity index is 1.59. The van der Waals surface area contributed by atoms with Crippen LogP contribution in [0.5, 0.6) is 5.75 Å². The van der Waals surface area contributed by atoms with Crippen molar-refractivity contribution in [3.8, 4) is 5.75 Å². The van der Waals surface area contributed by atoms with E-state index in [1.54, 1.807) is 18.4 Å². The number of carbonyl (C=O) groups is 2. The summed E-state index contributed by atoms with van der Waals surface area (Å²) in [5.74, 6) is -0.174. The summed E-state index contributed by atoms with van der Waals surface area (Å²) in [6.07, 6.45) is 0.131. The normalized spacial score (nSPS) is 15.0. The molecule has 0 spiro atoms. The maximum atomic E-state index is 12.7. The molecule has 1 atom stereocenters. The van der Waals surface area contributed by atoms with E-state index in [1.165, 1.54) is 0 Å². The van der Waals surface area contributed by atoms with E-state index in [9.17, 15) is 9.59 Å². The molecule has 0 radical (unpaired) electrons. The standard InChI is InChI=1S/C24H25NO6/c1-3-28-24(27)23-16(2)25(12-22(26)31-13-17-7-5-4-6-8-17)21-10-9-18(11-20(21)23)29-14-19-15-30-19/h4-11,19H,3,12-15H2,1-2H3. The minimum atomic E-state index is -0.427. The van der Waals surface area contributed by atoms with Gasteiger partial charge in [0.2, 0.25) is 0 Å². The molecule has 7 heteroatoms. The molecular formula is C24H25NO6. The first-order valence-corrected chi connectivity index (χ1v) is 10.3. The lowest BCUT2D eigenvalue weighted by atomic mass is 10.1. The predicted molar refractivity (Wildman–Crippen MR) is 114 cm³/mol. The van der Waals surface area contributed by atoms with Gasteiger partial charge >= 0.3 is 11.9 Å². The van der Waals surface area contributed by atoms with Gasteiger partial charge in [0.05, 0.1) is 18.8 Å². The number of aromatic nitrogens is 1. The highest BCUT2D eigenvalue weighted by atomic mass is 16.6. The Bertz CT molecular complexity index is 1080. The maximum absolute atomic E-state index is 12.7. The molecule has 4 rings (SSSR count). The smallest absolute Gasteiger partial charge is 0.340 e. The number of rotatable bonds is 9. The van der Waals surface area contributed by atoms with Crippen molar-refractivity contribution < 1.29 is 28.5 Å².